The molecule has 146 valence electrons. The summed E-state index contributed by atoms with van der Waals surface area (Å²) in [6.45, 7) is 6.66. The van der Waals surface area contributed by atoms with Gasteiger partial charge >= 0.3 is 11.9 Å². The lowest BCUT2D eigenvalue weighted by molar-refractivity contribution is -0.154. The van der Waals surface area contributed by atoms with Gasteiger partial charge in [0, 0.05) is 0 Å². The van der Waals surface area contributed by atoms with Gasteiger partial charge in [-0.05, 0) is 68.9 Å². The van der Waals surface area contributed by atoms with Crippen LogP contribution in [-0.2, 0) is 14.3 Å². The third-order valence-corrected chi connectivity index (χ3v) is 4.93. The van der Waals surface area contributed by atoms with Crippen LogP contribution in [0.15, 0.2) is 42.5 Å². The molecule has 0 radical (unpaired) electrons. The Morgan fingerprint density at radius 1 is 0.852 bits per heavy atom. The lowest BCUT2D eigenvalue weighted by Crippen LogP contribution is -2.26. The minimum Gasteiger partial charge on any atom is -0.465 e. The van der Waals surface area contributed by atoms with E-state index in [2.05, 4.69) is 0 Å². The van der Waals surface area contributed by atoms with E-state index in [4.69, 9.17) is 9.47 Å². The maximum Gasteiger partial charge on any atom is 0.338 e. The maximum absolute atomic E-state index is 12.1. The largest absolute Gasteiger partial charge is 0.465 e. The molecule has 0 aliphatic heterocycles. The predicted molar refractivity (Wildman–Crippen MR) is 108 cm³/mol. The number of unbranched alkanes of at least 4 members (excludes halogenated alkanes) is 3. The summed E-state index contributed by atoms with van der Waals surface area (Å²) in [5.41, 5.74) is 0.177. The fourth-order valence-electron chi connectivity index (χ4n) is 2.63. The van der Waals surface area contributed by atoms with Crippen molar-refractivity contribution in [2.24, 2.45) is 5.41 Å². The molecule has 27 heavy (non-hydrogen) atoms. The van der Waals surface area contributed by atoms with Crippen molar-refractivity contribution in [1.82, 2.24) is 0 Å². The normalized spacial score (nSPS) is 11.4. The zero-order chi connectivity index (χ0) is 19.7. The molecular formula is C23H30O4. The first-order valence-corrected chi connectivity index (χ1v) is 9.77. The van der Waals surface area contributed by atoms with Gasteiger partial charge in [0.05, 0.1) is 24.2 Å². The van der Waals surface area contributed by atoms with Crippen molar-refractivity contribution >= 4 is 22.7 Å². The number of fused-ring (bicyclic) bond motifs is 1. The molecule has 0 N–H and O–H groups in total. The number of rotatable bonds is 10. The van der Waals surface area contributed by atoms with Crippen LogP contribution in [0.4, 0.5) is 0 Å². The van der Waals surface area contributed by atoms with E-state index in [1.165, 1.54) is 0 Å². The van der Waals surface area contributed by atoms with Gasteiger partial charge in [-0.1, -0.05) is 37.3 Å². The number of benzene rings is 2. The summed E-state index contributed by atoms with van der Waals surface area (Å²) in [5, 5.41) is 2.14. The smallest absolute Gasteiger partial charge is 0.338 e. The number of carbonyl (C=O) groups is 2. The van der Waals surface area contributed by atoms with Crippen LogP contribution in [0.2, 0.25) is 0 Å². The average molecular weight is 370 g/mol. The van der Waals surface area contributed by atoms with Crippen LogP contribution in [0.5, 0.6) is 0 Å². The first-order chi connectivity index (χ1) is 12.9. The van der Waals surface area contributed by atoms with E-state index in [-0.39, 0.29) is 11.9 Å². The molecule has 2 aromatic carbocycles. The van der Waals surface area contributed by atoms with Crippen LogP contribution in [-0.4, -0.2) is 25.2 Å². The van der Waals surface area contributed by atoms with Crippen molar-refractivity contribution < 1.29 is 19.1 Å². The Balaban J connectivity index is 1.60. The Morgan fingerprint density at radius 3 is 2.15 bits per heavy atom. The van der Waals surface area contributed by atoms with Gasteiger partial charge in [-0.2, -0.15) is 0 Å². The maximum atomic E-state index is 12.1. The van der Waals surface area contributed by atoms with E-state index >= 15 is 0 Å². The molecule has 0 fully saturated rings. The molecule has 0 aliphatic rings. The predicted octanol–water partition coefficient (Wildman–Crippen LogP) is 5.54. The molecule has 0 aromatic heterocycles. The lowest BCUT2D eigenvalue weighted by atomic mass is 9.91. The highest BCUT2D eigenvalue weighted by atomic mass is 16.5. The van der Waals surface area contributed by atoms with Gasteiger partial charge < -0.3 is 9.47 Å². The fraction of sp³-hybridized carbons (Fsp3) is 0.478. The highest BCUT2D eigenvalue weighted by Gasteiger charge is 2.26. The monoisotopic (exact) mass is 370 g/mol. The Labute approximate surface area is 161 Å². The first-order valence-electron chi connectivity index (χ1n) is 9.77. The van der Waals surface area contributed by atoms with E-state index in [1.54, 1.807) is 6.07 Å². The molecule has 0 unspecified atom stereocenters. The Hall–Kier alpha value is -2.36. The summed E-state index contributed by atoms with van der Waals surface area (Å²) >= 11 is 0. The van der Waals surface area contributed by atoms with E-state index in [0.717, 1.165) is 42.9 Å². The standard InChI is InChI=1S/C23H30O4/c1-4-23(2,3)22(25)27-16-10-6-5-9-15-26-21(24)20-14-13-18-11-7-8-12-19(18)17-20/h7-8,11-14,17H,4-6,9-10,15-16H2,1-3H3. The van der Waals surface area contributed by atoms with Crippen molar-refractivity contribution in [2.75, 3.05) is 13.2 Å². The molecule has 2 rings (SSSR count). The second-order valence-corrected chi connectivity index (χ2v) is 7.49. The SMILES string of the molecule is CCC(C)(C)C(=O)OCCCCCCOC(=O)c1ccc2ccccc2c1. The number of esters is 2. The minimum atomic E-state index is -0.406. The molecule has 0 bridgehead atoms. The van der Waals surface area contributed by atoms with Crippen molar-refractivity contribution in [1.29, 1.82) is 0 Å². The fourth-order valence-corrected chi connectivity index (χ4v) is 2.63. The quantitative estimate of drug-likeness (QED) is 0.407. The van der Waals surface area contributed by atoms with Crippen LogP contribution in [0.3, 0.4) is 0 Å². The summed E-state index contributed by atoms with van der Waals surface area (Å²) in [6, 6.07) is 13.5. The van der Waals surface area contributed by atoms with Crippen LogP contribution >= 0.6 is 0 Å². The molecule has 0 saturated carbocycles. The lowest BCUT2D eigenvalue weighted by Gasteiger charge is -2.20. The summed E-state index contributed by atoms with van der Waals surface area (Å²) in [7, 11) is 0. The summed E-state index contributed by atoms with van der Waals surface area (Å²) in [5.74, 6) is -0.411. The van der Waals surface area contributed by atoms with Crippen molar-refractivity contribution in [2.45, 2.75) is 52.9 Å². The molecule has 0 amide bonds. The zero-order valence-electron chi connectivity index (χ0n) is 16.6. The highest BCUT2D eigenvalue weighted by Crippen LogP contribution is 2.21. The van der Waals surface area contributed by atoms with Gasteiger partial charge in [0.25, 0.3) is 0 Å². The van der Waals surface area contributed by atoms with E-state index in [9.17, 15) is 9.59 Å². The molecule has 0 spiro atoms. The van der Waals surface area contributed by atoms with Crippen LogP contribution in [0.1, 0.15) is 63.2 Å². The number of hydrogen-bond acceptors (Lipinski definition) is 4. The van der Waals surface area contributed by atoms with Gasteiger partial charge in [0.2, 0.25) is 0 Å². The van der Waals surface area contributed by atoms with Gasteiger partial charge in [0.15, 0.2) is 0 Å². The minimum absolute atomic E-state index is 0.130. The second-order valence-electron chi connectivity index (χ2n) is 7.49. The van der Waals surface area contributed by atoms with Crippen LogP contribution in [0, 0.1) is 5.41 Å². The molecule has 0 aliphatic carbocycles. The molecule has 4 nitrogen and oxygen atoms in total. The summed E-state index contributed by atoms with van der Waals surface area (Å²) in [4.78, 5) is 24.0. The Bertz CT molecular complexity index is 764. The third-order valence-electron chi connectivity index (χ3n) is 4.93. The molecular weight excluding hydrogens is 340 g/mol. The molecule has 0 heterocycles. The number of hydrogen-bond donors (Lipinski definition) is 0. The second kappa shape index (κ2) is 10.1. The van der Waals surface area contributed by atoms with E-state index in [1.807, 2.05) is 57.2 Å². The van der Waals surface area contributed by atoms with Gasteiger partial charge in [-0.3, -0.25) is 4.79 Å². The van der Waals surface area contributed by atoms with Crippen molar-refractivity contribution in [3.8, 4) is 0 Å². The van der Waals surface area contributed by atoms with Gasteiger partial charge in [-0.25, -0.2) is 4.79 Å². The molecule has 2 aromatic rings. The number of ether oxygens (including phenoxy) is 2. The first kappa shape index (κ1) is 20.9. The Morgan fingerprint density at radius 2 is 1.48 bits per heavy atom. The summed E-state index contributed by atoms with van der Waals surface area (Å²) in [6.07, 6.45) is 4.32. The Kier molecular flexibility index (Phi) is 7.83. The van der Waals surface area contributed by atoms with Crippen molar-refractivity contribution in [3.05, 3.63) is 48.0 Å². The van der Waals surface area contributed by atoms with Crippen molar-refractivity contribution in [3.63, 3.8) is 0 Å². The van der Waals surface area contributed by atoms with Crippen LogP contribution < -0.4 is 0 Å². The summed E-state index contributed by atoms with van der Waals surface area (Å²) < 4.78 is 10.7. The van der Waals surface area contributed by atoms with E-state index < -0.39 is 5.41 Å². The van der Waals surface area contributed by atoms with E-state index in [0.29, 0.717) is 18.8 Å². The zero-order valence-corrected chi connectivity index (χ0v) is 16.6. The average Bonchev–Trinajstić information content (AvgIpc) is 2.69. The van der Waals surface area contributed by atoms with Crippen LogP contribution in [0.25, 0.3) is 10.8 Å². The topological polar surface area (TPSA) is 52.6 Å². The van der Waals surface area contributed by atoms with Gasteiger partial charge in [-0.15, -0.1) is 0 Å². The highest BCUT2D eigenvalue weighted by molar-refractivity contribution is 5.95. The number of carbonyl (C=O) groups excluding carboxylic acids is 2. The molecule has 0 atom stereocenters. The van der Waals surface area contributed by atoms with Gasteiger partial charge in [0.1, 0.15) is 0 Å². The third kappa shape index (κ3) is 6.38. The molecule has 0 saturated heterocycles. The molecule has 4 heteroatoms.